The van der Waals surface area contributed by atoms with E-state index in [0.717, 1.165) is 16.8 Å². The topological polar surface area (TPSA) is 125 Å². The third-order valence-electron chi connectivity index (χ3n) is 5.26. The van der Waals surface area contributed by atoms with Gasteiger partial charge in [-0.05, 0) is 32.4 Å². The number of aromatic amines is 1. The Bertz CT molecular complexity index is 1100. The molecule has 4 heterocycles. The Morgan fingerprint density at radius 1 is 1.38 bits per heavy atom. The zero-order valence-corrected chi connectivity index (χ0v) is 16.2. The molecule has 0 aromatic carbocycles. The highest BCUT2D eigenvalue weighted by molar-refractivity contribution is 5.72. The first kappa shape index (κ1) is 18.9. The molecule has 3 aromatic heterocycles. The minimum Gasteiger partial charge on any atom is -0.481 e. The zero-order chi connectivity index (χ0) is 20.5. The fraction of sp³-hybridized carbons (Fsp3) is 0.350. The Labute approximate surface area is 166 Å². The maximum atomic E-state index is 11.9. The van der Waals surface area contributed by atoms with Crippen LogP contribution >= 0.6 is 0 Å². The quantitative estimate of drug-likeness (QED) is 0.671. The lowest BCUT2D eigenvalue weighted by Crippen LogP contribution is -2.26. The lowest BCUT2D eigenvalue weighted by molar-refractivity contribution is -0.140. The number of carboxylic acid groups (broad SMARTS) is 1. The Kier molecular flexibility index (Phi) is 4.87. The van der Waals surface area contributed by atoms with E-state index in [1.54, 1.807) is 6.20 Å². The monoisotopic (exact) mass is 395 g/mol. The van der Waals surface area contributed by atoms with Gasteiger partial charge in [0.1, 0.15) is 11.5 Å². The van der Waals surface area contributed by atoms with E-state index in [0.29, 0.717) is 48.8 Å². The molecule has 0 spiro atoms. The fourth-order valence-corrected chi connectivity index (χ4v) is 3.61. The fourth-order valence-electron chi connectivity index (χ4n) is 3.61. The first-order valence-electron chi connectivity index (χ1n) is 9.37. The molecule has 1 aliphatic heterocycles. The van der Waals surface area contributed by atoms with Crippen LogP contribution in [0.25, 0.3) is 11.3 Å². The Morgan fingerprint density at radius 2 is 2.21 bits per heavy atom. The normalized spacial score (nSPS) is 16.3. The molecule has 29 heavy (non-hydrogen) atoms. The summed E-state index contributed by atoms with van der Waals surface area (Å²) in [5, 5.41) is 20.2. The average Bonchev–Trinajstić information content (AvgIpc) is 3.32. The summed E-state index contributed by atoms with van der Waals surface area (Å²) in [5.41, 5.74) is 4.23. The van der Waals surface area contributed by atoms with Crippen LogP contribution in [0.3, 0.4) is 0 Å². The molecule has 9 nitrogen and oxygen atoms in total. The second kappa shape index (κ2) is 7.50. The Hall–Kier alpha value is -3.49. The van der Waals surface area contributed by atoms with E-state index >= 15 is 0 Å². The van der Waals surface area contributed by atoms with E-state index in [1.165, 1.54) is 6.07 Å². The van der Waals surface area contributed by atoms with E-state index in [-0.39, 0.29) is 5.56 Å². The third-order valence-corrected chi connectivity index (χ3v) is 5.26. The largest absolute Gasteiger partial charge is 0.481 e. The van der Waals surface area contributed by atoms with Gasteiger partial charge < -0.3 is 14.5 Å². The van der Waals surface area contributed by atoms with Crippen molar-refractivity contribution in [1.82, 2.24) is 20.3 Å². The highest BCUT2D eigenvalue weighted by Gasteiger charge is 2.30. The molecule has 0 bridgehead atoms. The molecule has 0 aliphatic carbocycles. The molecule has 1 saturated heterocycles. The van der Waals surface area contributed by atoms with Crippen molar-refractivity contribution in [2.45, 2.75) is 26.7 Å². The van der Waals surface area contributed by atoms with Gasteiger partial charge in [0.05, 0.1) is 17.3 Å². The van der Waals surface area contributed by atoms with Crippen molar-refractivity contribution in [2.75, 3.05) is 18.0 Å². The average molecular weight is 395 g/mol. The number of aliphatic carboxylic acids is 1. The van der Waals surface area contributed by atoms with E-state index in [1.807, 2.05) is 30.9 Å². The second-order valence-corrected chi connectivity index (χ2v) is 7.26. The SMILES string of the molecule is Cc1ccc(-c2noc(C)c2Cc2n[nH]c(=O)cc2N2CC[C@@H](C(=O)O)C2)cn1. The van der Waals surface area contributed by atoms with E-state index in [2.05, 4.69) is 20.3 Å². The molecule has 150 valence electrons. The smallest absolute Gasteiger partial charge is 0.308 e. The maximum absolute atomic E-state index is 11.9. The summed E-state index contributed by atoms with van der Waals surface area (Å²) >= 11 is 0. The van der Waals surface area contributed by atoms with Crippen molar-refractivity contribution < 1.29 is 14.4 Å². The summed E-state index contributed by atoms with van der Waals surface area (Å²) in [6, 6.07) is 5.31. The van der Waals surface area contributed by atoms with Crippen LogP contribution in [0.15, 0.2) is 33.7 Å². The number of aryl methyl sites for hydroxylation is 2. The van der Waals surface area contributed by atoms with Crippen molar-refractivity contribution >= 4 is 11.7 Å². The van der Waals surface area contributed by atoms with Crippen LogP contribution in [0.2, 0.25) is 0 Å². The van der Waals surface area contributed by atoms with Crippen LogP contribution in [-0.4, -0.2) is 44.5 Å². The van der Waals surface area contributed by atoms with Crippen molar-refractivity contribution in [3.05, 3.63) is 57.5 Å². The molecule has 0 amide bonds. The summed E-state index contributed by atoms with van der Waals surface area (Å²) in [6.45, 7) is 4.65. The molecule has 9 heteroatoms. The standard InChI is InChI=1S/C20H21N5O4/c1-11-3-4-13(9-21-11)19-15(12(2)29-24-19)7-16-17(8-18(26)23-22-16)25-6-5-14(10-25)20(27)28/h3-4,8-9,14H,5-7,10H2,1-2H3,(H,23,26)(H,27,28)/t14-/m1/s1. The van der Waals surface area contributed by atoms with Gasteiger partial charge in [-0.3, -0.25) is 14.6 Å². The Balaban J connectivity index is 1.69. The second-order valence-electron chi connectivity index (χ2n) is 7.26. The molecular weight excluding hydrogens is 374 g/mol. The van der Waals surface area contributed by atoms with Crippen LogP contribution in [0.4, 0.5) is 5.69 Å². The number of hydrogen-bond acceptors (Lipinski definition) is 7. The number of nitrogens with zero attached hydrogens (tertiary/aromatic N) is 4. The lowest BCUT2D eigenvalue weighted by atomic mass is 10.0. The highest BCUT2D eigenvalue weighted by Crippen LogP contribution is 2.31. The highest BCUT2D eigenvalue weighted by atomic mass is 16.5. The zero-order valence-electron chi connectivity index (χ0n) is 16.2. The van der Waals surface area contributed by atoms with E-state index in [9.17, 15) is 14.7 Å². The van der Waals surface area contributed by atoms with Crippen molar-refractivity contribution in [3.63, 3.8) is 0 Å². The molecule has 1 aliphatic rings. The number of H-pyrrole nitrogens is 1. The summed E-state index contributed by atoms with van der Waals surface area (Å²) in [7, 11) is 0. The van der Waals surface area contributed by atoms with Crippen LogP contribution in [0.1, 0.15) is 29.1 Å². The summed E-state index contributed by atoms with van der Waals surface area (Å²) < 4.78 is 5.42. The molecule has 1 atom stereocenters. The van der Waals surface area contributed by atoms with Gasteiger partial charge in [-0.2, -0.15) is 5.10 Å². The molecule has 2 N–H and O–H groups in total. The molecule has 0 unspecified atom stereocenters. The minimum atomic E-state index is -0.823. The lowest BCUT2D eigenvalue weighted by Gasteiger charge is -2.20. The first-order chi connectivity index (χ1) is 13.9. The minimum absolute atomic E-state index is 0.326. The van der Waals surface area contributed by atoms with Gasteiger partial charge in [-0.1, -0.05) is 5.16 Å². The molecule has 4 rings (SSSR count). The number of anilines is 1. The van der Waals surface area contributed by atoms with Crippen molar-refractivity contribution in [1.29, 1.82) is 0 Å². The van der Waals surface area contributed by atoms with Crippen LogP contribution in [0, 0.1) is 19.8 Å². The predicted octanol–water partition coefficient (Wildman–Crippen LogP) is 1.94. The summed E-state index contributed by atoms with van der Waals surface area (Å²) in [6.07, 6.45) is 2.67. The predicted molar refractivity (Wildman–Crippen MR) is 105 cm³/mol. The van der Waals surface area contributed by atoms with Crippen LogP contribution in [-0.2, 0) is 11.2 Å². The molecule has 3 aromatic rings. The van der Waals surface area contributed by atoms with Gasteiger partial charge in [-0.15, -0.1) is 0 Å². The molecular formula is C20H21N5O4. The van der Waals surface area contributed by atoms with E-state index < -0.39 is 11.9 Å². The number of carbonyl (C=O) groups is 1. The van der Waals surface area contributed by atoms with Crippen LogP contribution < -0.4 is 10.5 Å². The number of pyridine rings is 1. The number of nitrogens with one attached hydrogen (secondary N) is 1. The molecule has 0 radical (unpaired) electrons. The first-order valence-corrected chi connectivity index (χ1v) is 9.37. The van der Waals surface area contributed by atoms with Gasteiger partial charge in [0.25, 0.3) is 5.56 Å². The summed E-state index contributed by atoms with van der Waals surface area (Å²) in [4.78, 5) is 29.5. The third kappa shape index (κ3) is 3.75. The Morgan fingerprint density at radius 3 is 2.90 bits per heavy atom. The number of hydrogen-bond donors (Lipinski definition) is 2. The van der Waals surface area contributed by atoms with Gasteiger partial charge in [0.15, 0.2) is 0 Å². The van der Waals surface area contributed by atoms with Crippen molar-refractivity contribution in [2.24, 2.45) is 5.92 Å². The van der Waals surface area contributed by atoms with Gasteiger partial charge in [0, 0.05) is 48.6 Å². The number of carboxylic acids is 1. The number of aromatic nitrogens is 4. The number of rotatable bonds is 5. The maximum Gasteiger partial charge on any atom is 0.308 e. The summed E-state index contributed by atoms with van der Waals surface area (Å²) in [5.74, 6) is -0.617. The van der Waals surface area contributed by atoms with E-state index in [4.69, 9.17) is 4.52 Å². The molecule has 1 fully saturated rings. The van der Waals surface area contributed by atoms with Gasteiger partial charge >= 0.3 is 5.97 Å². The van der Waals surface area contributed by atoms with Gasteiger partial charge in [0.2, 0.25) is 0 Å². The van der Waals surface area contributed by atoms with Gasteiger partial charge in [-0.25, -0.2) is 5.10 Å². The van der Waals surface area contributed by atoms with Crippen LogP contribution in [0.5, 0.6) is 0 Å². The van der Waals surface area contributed by atoms with Crippen molar-refractivity contribution in [3.8, 4) is 11.3 Å². The molecule has 0 saturated carbocycles.